The van der Waals surface area contributed by atoms with Gasteiger partial charge in [0, 0.05) is 25.7 Å². The molecule has 1 amide bonds. The van der Waals surface area contributed by atoms with Gasteiger partial charge in [0.2, 0.25) is 5.91 Å². The molecule has 0 unspecified atom stereocenters. The summed E-state index contributed by atoms with van der Waals surface area (Å²) in [5.41, 5.74) is 2.81. The van der Waals surface area contributed by atoms with Crippen molar-refractivity contribution >= 4 is 17.6 Å². The van der Waals surface area contributed by atoms with Crippen molar-refractivity contribution in [2.45, 2.75) is 19.9 Å². The van der Waals surface area contributed by atoms with Gasteiger partial charge in [-0.3, -0.25) is 4.79 Å². The summed E-state index contributed by atoms with van der Waals surface area (Å²) in [5, 5.41) is 12.0. The molecule has 0 aliphatic carbocycles. The average Bonchev–Trinajstić information content (AvgIpc) is 2.27. The van der Waals surface area contributed by atoms with Crippen molar-refractivity contribution in [2.75, 3.05) is 18.9 Å². The highest BCUT2D eigenvalue weighted by Gasteiger charge is 2.22. The first-order valence-corrected chi connectivity index (χ1v) is 5.83. The second-order valence-electron chi connectivity index (χ2n) is 4.59. The normalized spacial score (nSPS) is 15.0. The molecule has 2 rings (SSSR count). The van der Waals surface area contributed by atoms with Crippen LogP contribution >= 0.6 is 0 Å². The van der Waals surface area contributed by atoms with Crippen molar-refractivity contribution in [2.24, 2.45) is 0 Å². The third-order valence-electron chi connectivity index (χ3n) is 3.14. The van der Waals surface area contributed by atoms with Crippen LogP contribution in [-0.2, 0) is 17.8 Å². The SMILES string of the molecule is CC(=O)Nc1ccc(C(=O)O)c2c1CCN(C)C2. The van der Waals surface area contributed by atoms with Crippen molar-refractivity contribution in [3.8, 4) is 0 Å². The van der Waals surface area contributed by atoms with Gasteiger partial charge in [-0.25, -0.2) is 4.79 Å². The van der Waals surface area contributed by atoms with E-state index in [-0.39, 0.29) is 5.91 Å². The van der Waals surface area contributed by atoms with E-state index < -0.39 is 5.97 Å². The number of benzene rings is 1. The zero-order chi connectivity index (χ0) is 13.3. The van der Waals surface area contributed by atoms with Crippen LogP contribution in [-0.4, -0.2) is 35.5 Å². The van der Waals surface area contributed by atoms with E-state index in [1.807, 2.05) is 7.05 Å². The predicted octanol–water partition coefficient (Wildman–Crippen LogP) is 1.33. The second kappa shape index (κ2) is 4.78. The highest BCUT2D eigenvalue weighted by molar-refractivity contribution is 5.94. The highest BCUT2D eigenvalue weighted by Crippen LogP contribution is 2.29. The first-order chi connectivity index (χ1) is 8.49. The van der Waals surface area contributed by atoms with Crippen LogP contribution in [0.25, 0.3) is 0 Å². The van der Waals surface area contributed by atoms with E-state index in [1.165, 1.54) is 6.92 Å². The molecule has 0 saturated heterocycles. The molecule has 0 aromatic heterocycles. The lowest BCUT2D eigenvalue weighted by Crippen LogP contribution is -2.29. The number of carboxylic acid groups (broad SMARTS) is 1. The molecular weight excluding hydrogens is 232 g/mol. The maximum Gasteiger partial charge on any atom is 0.336 e. The summed E-state index contributed by atoms with van der Waals surface area (Å²) in [6.07, 6.45) is 0.753. The number of anilines is 1. The lowest BCUT2D eigenvalue weighted by Gasteiger charge is -2.28. The molecule has 0 fully saturated rings. The van der Waals surface area contributed by atoms with E-state index in [2.05, 4.69) is 10.2 Å². The van der Waals surface area contributed by atoms with E-state index in [1.54, 1.807) is 12.1 Å². The van der Waals surface area contributed by atoms with Gasteiger partial charge in [0.05, 0.1) is 5.56 Å². The molecule has 1 aromatic carbocycles. The summed E-state index contributed by atoms with van der Waals surface area (Å²) >= 11 is 0. The minimum atomic E-state index is -0.920. The fraction of sp³-hybridized carbons (Fsp3) is 0.385. The Balaban J connectivity index is 2.51. The predicted molar refractivity (Wildman–Crippen MR) is 67.7 cm³/mol. The quantitative estimate of drug-likeness (QED) is 0.828. The minimum Gasteiger partial charge on any atom is -0.478 e. The zero-order valence-corrected chi connectivity index (χ0v) is 10.5. The van der Waals surface area contributed by atoms with Crippen LogP contribution in [0.1, 0.15) is 28.4 Å². The van der Waals surface area contributed by atoms with E-state index in [0.29, 0.717) is 12.1 Å². The van der Waals surface area contributed by atoms with E-state index in [9.17, 15) is 14.7 Å². The Labute approximate surface area is 105 Å². The van der Waals surface area contributed by atoms with Gasteiger partial charge in [0.15, 0.2) is 0 Å². The number of aromatic carboxylic acids is 1. The van der Waals surface area contributed by atoms with Crippen molar-refractivity contribution in [1.29, 1.82) is 0 Å². The van der Waals surface area contributed by atoms with Gasteiger partial charge in [-0.05, 0) is 36.7 Å². The van der Waals surface area contributed by atoms with Gasteiger partial charge in [0.25, 0.3) is 0 Å². The van der Waals surface area contributed by atoms with E-state index >= 15 is 0 Å². The summed E-state index contributed by atoms with van der Waals surface area (Å²) in [6.45, 7) is 2.92. The maximum absolute atomic E-state index is 11.2. The summed E-state index contributed by atoms with van der Waals surface area (Å²) in [7, 11) is 1.96. The third-order valence-corrected chi connectivity index (χ3v) is 3.14. The zero-order valence-electron chi connectivity index (χ0n) is 10.5. The van der Waals surface area contributed by atoms with Gasteiger partial charge in [0.1, 0.15) is 0 Å². The van der Waals surface area contributed by atoms with Crippen molar-refractivity contribution in [3.63, 3.8) is 0 Å². The van der Waals surface area contributed by atoms with Gasteiger partial charge < -0.3 is 15.3 Å². The Hall–Kier alpha value is -1.88. The highest BCUT2D eigenvalue weighted by atomic mass is 16.4. The number of hydrogen-bond acceptors (Lipinski definition) is 3. The molecule has 1 aromatic rings. The number of hydrogen-bond donors (Lipinski definition) is 2. The number of carboxylic acids is 1. The van der Waals surface area contributed by atoms with Crippen LogP contribution in [0.4, 0.5) is 5.69 Å². The molecule has 1 aliphatic heterocycles. The molecule has 1 heterocycles. The van der Waals surface area contributed by atoms with Crippen molar-refractivity contribution in [3.05, 3.63) is 28.8 Å². The van der Waals surface area contributed by atoms with Gasteiger partial charge in [-0.1, -0.05) is 0 Å². The Morgan fingerprint density at radius 1 is 1.33 bits per heavy atom. The molecule has 1 aliphatic rings. The number of nitrogens with one attached hydrogen (secondary N) is 1. The van der Waals surface area contributed by atoms with Crippen LogP contribution in [0.15, 0.2) is 12.1 Å². The Morgan fingerprint density at radius 3 is 2.67 bits per heavy atom. The monoisotopic (exact) mass is 248 g/mol. The van der Waals surface area contributed by atoms with Gasteiger partial charge in [-0.15, -0.1) is 0 Å². The number of nitrogens with zero attached hydrogens (tertiary/aromatic N) is 1. The molecular formula is C13H16N2O3. The fourth-order valence-electron chi connectivity index (χ4n) is 2.32. The Kier molecular flexibility index (Phi) is 3.34. The number of fused-ring (bicyclic) bond motifs is 1. The standard InChI is InChI=1S/C13H16N2O3/c1-8(16)14-12-4-3-10(13(17)18)11-7-15(2)6-5-9(11)12/h3-4H,5-7H2,1-2H3,(H,14,16)(H,17,18). The third kappa shape index (κ3) is 2.36. The van der Waals surface area contributed by atoms with Crippen LogP contribution in [0.2, 0.25) is 0 Å². The van der Waals surface area contributed by atoms with Crippen molar-refractivity contribution in [1.82, 2.24) is 4.90 Å². The van der Waals surface area contributed by atoms with Crippen LogP contribution in [0, 0.1) is 0 Å². The number of likely N-dealkylation sites (N-methyl/N-ethyl adjacent to an activating group) is 1. The second-order valence-corrected chi connectivity index (χ2v) is 4.59. The van der Waals surface area contributed by atoms with Crippen LogP contribution < -0.4 is 5.32 Å². The number of carbonyl (C=O) groups is 2. The molecule has 2 N–H and O–H groups in total. The Bertz CT molecular complexity index is 511. The van der Waals surface area contributed by atoms with Crippen LogP contribution in [0.3, 0.4) is 0 Å². The summed E-state index contributed by atoms with van der Waals surface area (Å²) in [6, 6.07) is 3.24. The van der Waals surface area contributed by atoms with E-state index in [4.69, 9.17) is 0 Å². The summed E-state index contributed by atoms with van der Waals surface area (Å²) in [4.78, 5) is 24.4. The molecule has 0 radical (unpaired) electrons. The number of amides is 1. The van der Waals surface area contributed by atoms with Gasteiger partial charge >= 0.3 is 5.97 Å². The first kappa shape index (κ1) is 12.6. The molecule has 5 heteroatoms. The largest absolute Gasteiger partial charge is 0.478 e. The topological polar surface area (TPSA) is 69.6 Å². The smallest absolute Gasteiger partial charge is 0.336 e. The fourth-order valence-corrected chi connectivity index (χ4v) is 2.32. The van der Waals surface area contributed by atoms with Gasteiger partial charge in [-0.2, -0.15) is 0 Å². The maximum atomic E-state index is 11.2. The lowest BCUT2D eigenvalue weighted by molar-refractivity contribution is -0.114. The summed E-state index contributed by atoms with van der Waals surface area (Å²) in [5.74, 6) is -1.06. The Morgan fingerprint density at radius 2 is 2.06 bits per heavy atom. The van der Waals surface area contributed by atoms with E-state index in [0.717, 1.165) is 29.8 Å². The number of rotatable bonds is 2. The lowest BCUT2D eigenvalue weighted by atomic mass is 9.93. The first-order valence-electron chi connectivity index (χ1n) is 5.83. The molecule has 0 saturated carbocycles. The molecule has 0 atom stereocenters. The molecule has 18 heavy (non-hydrogen) atoms. The average molecular weight is 248 g/mol. The minimum absolute atomic E-state index is 0.140. The van der Waals surface area contributed by atoms with Crippen LogP contribution in [0.5, 0.6) is 0 Å². The molecule has 0 bridgehead atoms. The number of carbonyl (C=O) groups excluding carboxylic acids is 1. The molecule has 0 spiro atoms. The molecule has 5 nitrogen and oxygen atoms in total. The van der Waals surface area contributed by atoms with Crippen molar-refractivity contribution < 1.29 is 14.7 Å². The summed E-state index contributed by atoms with van der Waals surface area (Å²) < 4.78 is 0. The molecule has 96 valence electrons.